The molecule has 0 radical (unpaired) electrons. The standard InChI is InChI=1S/C36H40F2N8O5/c1-3-34(25(2)47)46-35(48)45(24-41-46)29-7-5-27(6-8-29)42-14-16-43(17-15-42)28-9-11-30(12-10-28)49-19-31-20-50-36(51-31,21-44-23-39-22-40-44)32-13-4-26(37)18-33(32)38/h4-13,18,22-25,31,34,47H,3,14-17,19-21H2,1-2H3/t25-,31+,34-,36+/m0/s1. The van der Waals surface area contributed by atoms with Gasteiger partial charge in [-0.15, -0.1) is 0 Å². The Balaban J connectivity index is 0.923. The maximum Gasteiger partial charge on any atom is 0.350 e. The molecule has 2 fully saturated rings. The molecule has 0 saturated carbocycles. The van der Waals surface area contributed by atoms with E-state index in [1.165, 1.54) is 45.0 Å². The highest BCUT2D eigenvalue weighted by Gasteiger charge is 2.46. The van der Waals surface area contributed by atoms with Crippen LogP contribution in [0, 0.1) is 11.6 Å². The fraction of sp³-hybridized carbons (Fsp3) is 0.389. The number of piperazine rings is 1. The van der Waals surface area contributed by atoms with Crippen LogP contribution in [0.4, 0.5) is 20.2 Å². The highest BCUT2D eigenvalue weighted by molar-refractivity contribution is 5.54. The molecule has 7 rings (SSSR count). The van der Waals surface area contributed by atoms with Gasteiger partial charge < -0.3 is 29.1 Å². The average Bonchev–Trinajstić information content (AvgIpc) is 3.90. The second-order valence-electron chi connectivity index (χ2n) is 12.8. The van der Waals surface area contributed by atoms with E-state index in [4.69, 9.17) is 14.2 Å². The number of halogens is 2. The minimum atomic E-state index is -1.52. The van der Waals surface area contributed by atoms with Crippen molar-refractivity contribution in [2.24, 2.45) is 0 Å². The lowest BCUT2D eigenvalue weighted by atomic mass is 10.0. The summed E-state index contributed by atoms with van der Waals surface area (Å²) in [6.45, 7) is 7.22. The summed E-state index contributed by atoms with van der Waals surface area (Å²) < 4.78 is 51.2. The van der Waals surface area contributed by atoms with E-state index in [0.29, 0.717) is 12.2 Å². The molecule has 4 heterocycles. The van der Waals surface area contributed by atoms with Crippen LogP contribution in [0.25, 0.3) is 5.69 Å². The van der Waals surface area contributed by atoms with Crippen molar-refractivity contribution in [1.82, 2.24) is 29.1 Å². The van der Waals surface area contributed by atoms with Gasteiger partial charge >= 0.3 is 5.69 Å². The number of aromatic nitrogens is 6. The molecule has 2 aliphatic rings. The van der Waals surface area contributed by atoms with Crippen LogP contribution in [-0.2, 0) is 21.8 Å². The van der Waals surface area contributed by atoms with Crippen LogP contribution < -0.4 is 20.2 Å². The van der Waals surface area contributed by atoms with Gasteiger partial charge in [-0.3, -0.25) is 0 Å². The molecule has 15 heteroatoms. The van der Waals surface area contributed by atoms with Gasteiger partial charge in [0.05, 0.1) is 24.4 Å². The third-order valence-electron chi connectivity index (χ3n) is 9.43. The summed E-state index contributed by atoms with van der Waals surface area (Å²) in [5.74, 6) is -2.33. The smallest absolute Gasteiger partial charge is 0.350 e. The van der Waals surface area contributed by atoms with Crippen molar-refractivity contribution in [3.63, 3.8) is 0 Å². The molecule has 2 saturated heterocycles. The molecule has 5 aromatic rings. The van der Waals surface area contributed by atoms with Gasteiger partial charge in [0, 0.05) is 49.2 Å². The van der Waals surface area contributed by atoms with Crippen LogP contribution in [0.5, 0.6) is 5.75 Å². The van der Waals surface area contributed by atoms with Crippen molar-refractivity contribution < 1.29 is 28.1 Å². The van der Waals surface area contributed by atoms with Gasteiger partial charge in [-0.05, 0) is 74.0 Å². The third kappa shape index (κ3) is 7.22. The summed E-state index contributed by atoms with van der Waals surface area (Å²) in [4.78, 5) is 21.6. The Labute approximate surface area is 293 Å². The van der Waals surface area contributed by atoms with E-state index in [-0.39, 0.29) is 37.1 Å². The molecule has 2 aliphatic heterocycles. The van der Waals surface area contributed by atoms with Gasteiger partial charge in [0.2, 0.25) is 5.79 Å². The van der Waals surface area contributed by atoms with Gasteiger partial charge in [-0.25, -0.2) is 32.5 Å². The second kappa shape index (κ2) is 14.6. The average molecular weight is 703 g/mol. The van der Waals surface area contributed by atoms with Crippen LogP contribution in [0.3, 0.4) is 0 Å². The second-order valence-corrected chi connectivity index (χ2v) is 12.8. The Morgan fingerprint density at radius 1 is 0.941 bits per heavy atom. The summed E-state index contributed by atoms with van der Waals surface area (Å²) >= 11 is 0. The Morgan fingerprint density at radius 3 is 2.22 bits per heavy atom. The summed E-state index contributed by atoms with van der Waals surface area (Å²) in [6, 6.07) is 18.6. The minimum absolute atomic E-state index is 0.0259. The van der Waals surface area contributed by atoms with Crippen molar-refractivity contribution in [3.05, 3.63) is 113 Å². The van der Waals surface area contributed by atoms with E-state index in [9.17, 15) is 18.7 Å². The molecule has 1 N–H and O–H groups in total. The molecule has 13 nitrogen and oxygen atoms in total. The van der Waals surface area contributed by atoms with Gasteiger partial charge in [0.25, 0.3) is 0 Å². The van der Waals surface area contributed by atoms with Crippen molar-refractivity contribution in [1.29, 1.82) is 0 Å². The summed E-state index contributed by atoms with van der Waals surface area (Å²) in [5.41, 5.74) is 2.67. The van der Waals surface area contributed by atoms with E-state index < -0.39 is 29.6 Å². The first-order valence-electron chi connectivity index (χ1n) is 17.0. The number of rotatable bonds is 12. The molecule has 0 unspecified atom stereocenters. The summed E-state index contributed by atoms with van der Waals surface area (Å²) in [5, 5.41) is 18.4. The van der Waals surface area contributed by atoms with Gasteiger partial charge in [0.1, 0.15) is 55.6 Å². The number of ether oxygens (including phenoxy) is 3. The van der Waals surface area contributed by atoms with E-state index in [0.717, 1.165) is 49.3 Å². The first-order chi connectivity index (χ1) is 24.7. The van der Waals surface area contributed by atoms with Crippen LogP contribution in [0.1, 0.15) is 31.9 Å². The number of hydrogen-bond donors (Lipinski definition) is 1. The fourth-order valence-electron chi connectivity index (χ4n) is 6.71. The van der Waals surface area contributed by atoms with Crippen molar-refractivity contribution in [2.45, 2.75) is 50.8 Å². The Bertz CT molecular complexity index is 1960. The molecular weight excluding hydrogens is 662 g/mol. The quantitative estimate of drug-likeness (QED) is 0.205. The lowest BCUT2D eigenvalue weighted by Crippen LogP contribution is -2.46. The number of aliphatic hydroxyl groups is 1. The first kappa shape index (κ1) is 34.3. The molecule has 268 valence electrons. The van der Waals surface area contributed by atoms with Crippen molar-refractivity contribution >= 4 is 11.4 Å². The number of aliphatic hydroxyl groups excluding tert-OH is 1. The molecule has 3 aromatic carbocycles. The lowest BCUT2D eigenvalue weighted by Gasteiger charge is -2.37. The van der Waals surface area contributed by atoms with Gasteiger partial charge in [0.15, 0.2) is 0 Å². The molecule has 0 spiro atoms. The van der Waals surface area contributed by atoms with Crippen molar-refractivity contribution in [3.8, 4) is 11.4 Å². The van der Waals surface area contributed by atoms with E-state index in [1.54, 1.807) is 6.92 Å². The number of nitrogens with zero attached hydrogens (tertiary/aromatic N) is 8. The predicted molar refractivity (Wildman–Crippen MR) is 184 cm³/mol. The Morgan fingerprint density at radius 2 is 1.61 bits per heavy atom. The maximum atomic E-state index is 14.9. The Kier molecular flexibility index (Phi) is 9.84. The molecular formula is C36H40F2N8O5. The Hall–Kier alpha value is -5.12. The molecule has 51 heavy (non-hydrogen) atoms. The number of hydrogen-bond acceptors (Lipinski definition) is 10. The molecule has 4 atom stereocenters. The molecule has 0 amide bonds. The first-order valence-corrected chi connectivity index (χ1v) is 17.0. The van der Waals surface area contributed by atoms with E-state index >= 15 is 0 Å². The highest BCUT2D eigenvalue weighted by Crippen LogP contribution is 2.38. The number of anilines is 2. The van der Waals surface area contributed by atoms with E-state index in [1.807, 2.05) is 55.5 Å². The topological polar surface area (TPSA) is 125 Å². The van der Waals surface area contributed by atoms with Crippen molar-refractivity contribution in [2.75, 3.05) is 49.2 Å². The fourth-order valence-corrected chi connectivity index (χ4v) is 6.71. The summed E-state index contributed by atoms with van der Waals surface area (Å²) in [6.07, 6.45) is 3.74. The third-order valence-corrected chi connectivity index (χ3v) is 9.43. The van der Waals surface area contributed by atoms with Gasteiger partial charge in [-0.1, -0.05) is 6.92 Å². The summed E-state index contributed by atoms with van der Waals surface area (Å²) in [7, 11) is 0. The lowest BCUT2D eigenvalue weighted by molar-refractivity contribution is -0.192. The maximum absolute atomic E-state index is 14.9. The largest absolute Gasteiger partial charge is 0.491 e. The number of benzene rings is 3. The normalized spacial score (nSPS) is 20.5. The van der Waals surface area contributed by atoms with E-state index in [2.05, 4.69) is 25.0 Å². The highest BCUT2D eigenvalue weighted by atomic mass is 19.1. The molecule has 0 bridgehead atoms. The monoisotopic (exact) mass is 702 g/mol. The predicted octanol–water partition coefficient (Wildman–Crippen LogP) is 3.91. The zero-order valence-corrected chi connectivity index (χ0v) is 28.4. The van der Waals surface area contributed by atoms with Gasteiger partial charge in [-0.2, -0.15) is 10.2 Å². The molecule has 2 aromatic heterocycles. The zero-order chi connectivity index (χ0) is 35.5. The van der Waals surface area contributed by atoms with Crippen LogP contribution in [0.2, 0.25) is 0 Å². The SMILES string of the molecule is CC[C@@H]([C@H](C)O)n1ncn(-c2ccc(N3CCN(c4ccc(OC[C@@H]5CO[C@@](Cn6cncn6)(c6ccc(F)cc6F)O5)cc4)CC3)cc2)c1=O. The van der Waals surface area contributed by atoms with Crippen LogP contribution >= 0.6 is 0 Å². The minimum Gasteiger partial charge on any atom is -0.491 e. The molecule has 0 aliphatic carbocycles. The zero-order valence-electron chi connectivity index (χ0n) is 28.4. The van der Waals surface area contributed by atoms with Crippen LogP contribution in [-0.4, -0.2) is 85.8 Å². The van der Waals surface area contributed by atoms with Crippen LogP contribution in [0.15, 0.2) is 90.5 Å².